The van der Waals surface area contributed by atoms with Crippen molar-refractivity contribution < 1.29 is 9.18 Å². The molecule has 1 heterocycles. The molecule has 6 heteroatoms. The molecule has 0 bridgehead atoms. The first-order chi connectivity index (χ1) is 12.7. The zero-order chi connectivity index (χ0) is 18.4. The molecule has 3 rings (SSSR count). The Labute approximate surface area is 151 Å². The molecular formula is C20H19FN4O. The van der Waals surface area contributed by atoms with E-state index in [9.17, 15) is 9.18 Å². The van der Waals surface area contributed by atoms with Crippen LogP contribution in [0.25, 0.3) is 0 Å². The fourth-order valence-corrected chi connectivity index (χ4v) is 2.41. The van der Waals surface area contributed by atoms with Gasteiger partial charge in [0.1, 0.15) is 11.5 Å². The first-order valence-electron chi connectivity index (χ1n) is 8.36. The summed E-state index contributed by atoms with van der Waals surface area (Å²) in [5, 5.41) is 5.74. The predicted molar refractivity (Wildman–Crippen MR) is 98.7 cm³/mol. The van der Waals surface area contributed by atoms with Crippen LogP contribution in [-0.4, -0.2) is 15.9 Å². The number of anilines is 2. The second-order valence-corrected chi connectivity index (χ2v) is 5.72. The monoisotopic (exact) mass is 350 g/mol. The first-order valence-corrected chi connectivity index (χ1v) is 8.36. The highest BCUT2D eigenvalue weighted by molar-refractivity contribution is 5.92. The van der Waals surface area contributed by atoms with E-state index in [2.05, 4.69) is 27.5 Å². The minimum atomic E-state index is -0.389. The molecule has 0 unspecified atom stereocenters. The van der Waals surface area contributed by atoms with Gasteiger partial charge < -0.3 is 10.6 Å². The molecule has 0 saturated carbocycles. The molecule has 3 aromatic rings. The summed E-state index contributed by atoms with van der Waals surface area (Å²) in [4.78, 5) is 20.6. The van der Waals surface area contributed by atoms with Crippen LogP contribution < -0.4 is 10.6 Å². The lowest BCUT2D eigenvalue weighted by atomic mass is 10.1. The number of carbonyl (C=O) groups excluding carboxylic acids is 1. The Balaban J connectivity index is 1.66. The van der Waals surface area contributed by atoms with E-state index in [1.807, 2.05) is 24.3 Å². The number of hydrogen-bond donors (Lipinski definition) is 2. The van der Waals surface area contributed by atoms with Crippen LogP contribution in [0.3, 0.4) is 0 Å². The van der Waals surface area contributed by atoms with Gasteiger partial charge in [0.05, 0.1) is 0 Å². The van der Waals surface area contributed by atoms with Crippen molar-refractivity contribution in [1.29, 1.82) is 0 Å². The highest BCUT2D eigenvalue weighted by Crippen LogP contribution is 2.14. The third-order valence-corrected chi connectivity index (χ3v) is 3.90. The minimum Gasteiger partial charge on any atom is -0.347 e. The summed E-state index contributed by atoms with van der Waals surface area (Å²) >= 11 is 0. The molecule has 2 aromatic carbocycles. The average Bonchev–Trinajstić information content (AvgIpc) is 2.68. The first kappa shape index (κ1) is 17.5. The molecule has 0 atom stereocenters. The van der Waals surface area contributed by atoms with Gasteiger partial charge in [-0.3, -0.25) is 4.79 Å². The molecule has 0 saturated heterocycles. The van der Waals surface area contributed by atoms with Crippen LogP contribution in [0.4, 0.5) is 16.0 Å². The minimum absolute atomic E-state index is 0.0940. The van der Waals surface area contributed by atoms with Gasteiger partial charge in [-0.15, -0.1) is 0 Å². The van der Waals surface area contributed by atoms with Crippen LogP contribution in [-0.2, 0) is 13.0 Å². The lowest BCUT2D eigenvalue weighted by Crippen LogP contribution is -2.24. The highest BCUT2D eigenvalue weighted by atomic mass is 19.1. The summed E-state index contributed by atoms with van der Waals surface area (Å²) in [7, 11) is 0. The van der Waals surface area contributed by atoms with E-state index in [4.69, 9.17) is 0 Å². The summed E-state index contributed by atoms with van der Waals surface area (Å²) < 4.78 is 13.6. The summed E-state index contributed by atoms with van der Waals surface area (Å²) in [6.07, 6.45) is 2.47. The van der Waals surface area contributed by atoms with E-state index >= 15 is 0 Å². The van der Waals surface area contributed by atoms with E-state index in [0.29, 0.717) is 11.5 Å². The Morgan fingerprint density at radius 1 is 1.08 bits per heavy atom. The third-order valence-electron chi connectivity index (χ3n) is 3.90. The fourth-order valence-electron chi connectivity index (χ4n) is 2.41. The smallest absolute Gasteiger partial charge is 0.270 e. The summed E-state index contributed by atoms with van der Waals surface area (Å²) in [6.45, 7) is 2.19. The molecule has 5 nitrogen and oxygen atoms in total. The number of carbonyl (C=O) groups is 1. The maximum Gasteiger partial charge on any atom is 0.270 e. The van der Waals surface area contributed by atoms with Crippen LogP contribution in [0.1, 0.15) is 28.5 Å². The van der Waals surface area contributed by atoms with Gasteiger partial charge in [-0.25, -0.2) is 14.4 Å². The van der Waals surface area contributed by atoms with E-state index in [-0.39, 0.29) is 24.0 Å². The number of nitrogens with zero attached hydrogens (tertiary/aromatic N) is 2. The molecule has 0 radical (unpaired) electrons. The van der Waals surface area contributed by atoms with E-state index in [0.717, 1.165) is 12.1 Å². The Kier molecular flexibility index (Phi) is 5.53. The Bertz CT molecular complexity index is 896. The number of hydrogen-bond acceptors (Lipinski definition) is 4. The predicted octanol–water partition coefficient (Wildman–Crippen LogP) is 3.85. The number of amides is 1. The normalized spacial score (nSPS) is 10.4. The summed E-state index contributed by atoms with van der Waals surface area (Å²) in [5.41, 5.74) is 2.71. The van der Waals surface area contributed by atoms with Gasteiger partial charge in [0.15, 0.2) is 0 Å². The van der Waals surface area contributed by atoms with Gasteiger partial charge in [0.25, 0.3) is 5.91 Å². The molecule has 0 aliphatic carbocycles. The number of aromatic nitrogens is 2. The third kappa shape index (κ3) is 4.42. The number of aryl methyl sites for hydroxylation is 1. The standard InChI is InChI=1S/C20H19FN4O/c1-2-14-7-9-16(10-8-14)24-20-22-12-11-18(25-20)19(26)23-13-15-5-3-4-6-17(15)21/h3-12H,2,13H2,1H3,(H,23,26)(H,22,24,25). The van der Waals surface area contributed by atoms with Crippen LogP contribution in [0.5, 0.6) is 0 Å². The van der Waals surface area contributed by atoms with Crippen molar-refractivity contribution >= 4 is 17.5 Å². The molecule has 0 fully saturated rings. The highest BCUT2D eigenvalue weighted by Gasteiger charge is 2.10. The molecule has 0 aliphatic heterocycles. The van der Waals surface area contributed by atoms with Crippen LogP contribution >= 0.6 is 0 Å². The van der Waals surface area contributed by atoms with Gasteiger partial charge in [0, 0.05) is 24.0 Å². The molecule has 1 aromatic heterocycles. The average molecular weight is 350 g/mol. The Morgan fingerprint density at radius 3 is 2.58 bits per heavy atom. The van der Waals surface area contributed by atoms with E-state index < -0.39 is 0 Å². The van der Waals surface area contributed by atoms with Crippen molar-refractivity contribution in [2.75, 3.05) is 5.32 Å². The van der Waals surface area contributed by atoms with Crippen molar-refractivity contribution in [2.24, 2.45) is 0 Å². The topological polar surface area (TPSA) is 66.9 Å². The second-order valence-electron chi connectivity index (χ2n) is 5.72. The number of nitrogens with one attached hydrogen (secondary N) is 2. The molecule has 132 valence electrons. The van der Waals surface area contributed by atoms with Gasteiger partial charge in [-0.1, -0.05) is 37.3 Å². The zero-order valence-corrected chi connectivity index (χ0v) is 14.4. The Hall–Kier alpha value is -3.28. The summed E-state index contributed by atoms with van der Waals surface area (Å²) in [5.74, 6) is -0.416. The summed E-state index contributed by atoms with van der Waals surface area (Å²) in [6, 6.07) is 15.8. The number of benzene rings is 2. The molecule has 26 heavy (non-hydrogen) atoms. The largest absolute Gasteiger partial charge is 0.347 e. The van der Waals surface area contributed by atoms with Crippen molar-refractivity contribution in [3.63, 3.8) is 0 Å². The van der Waals surface area contributed by atoms with Crippen molar-refractivity contribution in [3.05, 3.63) is 83.4 Å². The fraction of sp³-hybridized carbons (Fsp3) is 0.150. The van der Waals surface area contributed by atoms with Gasteiger partial charge in [-0.05, 0) is 36.2 Å². The van der Waals surface area contributed by atoms with Crippen LogP contribution in [0.2, 0.25) is 0 Å². The number of rotatable bonds is 6. The van der Waals surface area contributed by atoms with E-state index in [1.165, 1.54) is 23.9 Å². The molecule has 2 N–H and O–H groups in total. The number of halogens is 1. The quantitative estimate of drug-likeness (QED) is 0.709. The van der Waals surface area contributed by atoms with Gasteiger partial charge in [-0.2, -0.15) is 0 Å². The van der Waals surface area contributed by atoms with Crippen LogP contribution in [0.15, 0.2) is 60.8 Å². The second kappa shape index (κ2) is 8.20. The van der Waals surface area contributed by atoms with Gasteiger partial charge in [0.2, 0.25) is 5.95 Å². The lowest BCUT2D eigenvalue weighted by Gasteiger charge is -2.08. The molecular weight excluding hydrogens is 331 g/mol. The SMILES string of the molecule is CCc1ccc(Nc2nccc(C(=O)NCc3ccccc3F)n2)cc1. The Morgan fingerprint density at radius 2 is 1.85 bits per heavy atom. The molecule has 1 amide bonds. The van der Waals surface area contributed by atoms with Crippen molar-refractivity contribution in [3.8, 4) is 0 Å². The van der Waals surface area contributed by atoms with Crippen molar-refractivity contribution in [1.82, 2.24) is 15.3 Å². The molecule has 0 aliphatic rings. The van der Waals surface area contributed by atoms with E-state index in [1.54, 1.807) is 18.2 Å². The van der Waals surface area contributed by atoms with Crippen molar-refractivity contribution in [2.45, 2.75) is 19.9 Å². The van der Waals surface area contributed by atoms with Crippen LogP contribution in [0, 0.1) is 5.82 Å². The maximum atomic E-state index is 13.6. The zero-order valence-electron chi connectivity index (χ0n) is 14.4. The maximum absolute atomic E-state index is 13.6. The molecule has 0 spiro atoms. The van der Waals surface area contributed by atoms with Gasteiger partial charge >= 0.3 is 0 Å². The lowest BCUT2D eigenvalue weighted by molar-refractivity contribution is 0.0945.